The van der Waals surface area contributed by atoms with Crippen molar-refractivity contribution in [3.8, 4) is 0 Å². The highest BCUT2D eigenvalue weighted by molar-refractivity contribution is 7.13. The first-order chi connectivity index (χ1) is 12.5. The molecule has 1 aromatic carbocycles. The molecule has 1 aliphatic heterocycles. The van der Waals surface area contributed by atoms with Crippen molar-refractivity contribution in [3.63, 3.8) is 0 Å². The maximum absolute atomic E-state index is 13.3. The second-order valence-corrected chi connectivity index (χ2v) is 7.12. The first kappa shape index (κ1) is 18.5. The molecule has 138 valence electrons. The molecule has 0 aliphatic carbocycles. The van der Waals surface area contributed by atoms with Crippen molar-refractivity contribution in [3.05, 3.63) is 46.7 Å². The van der Waals surface area contributed by atoms with Gasteiger partial charge in [0, 0.05) is 50.6 Å². The summed E-state index contributed by atoms with van der Waals surface area (Å²) < 4.78 is 13.3. The van der Waals surface area contributed by atoms with E-state index in [2.05, 4.69) is 15.2 Å². The quantitative estimate of drug-likeness (QED) is 0.891. The monoisotopic (exact) mass is 376 g/mol. The van der Waals surface area contributed by atoms with Gasteiger partial charge in [0.25, 0.3) is 5.91 Å². The van der Waals surface area contributed by atoms with Gasteiger partial charge in [-0.05, 0) is 24.6 Å². The molecular weight excluding hydrogens is 355 g/mol. The number of hydrogen-bond acceptors (Lipinski definition) is 5. The normalized spacial score (nSPS) is 15.5. The first-order valence-electron chi connectivity index (χ1n) is 8.50. The van der Waals surface area contributed by atoms with Gasteiger partial charge in [-0.2, -0.15) is 0 Å². The predicted molar refractivity (Wildman–Crippen MR) is 98.6 cm³/mol. The molecule has 3 rings (SSSR count). The highest BCUT2D eigenvalue weighted by Gasteiger charge is 2.21. The SMILES string of the molecule is CC(=O)Nc1nc(CN2CCCN(C(=O)c3cccc(F)c3)CC2)cs1. The van der Waals surface area contributed by atoms with Gasteiger partial charge >= 0.3 is 0 Å². The Labute approximate surface area is 155 Å². The Morgan fingerprint density at radius 2 is 2.12 bits per heavy atom. The van der Waals surface area contributed by atoms with Crippen LogP contribution in [0.5, 0.6) is 0 Å². The molecule has 8 heteroatoms. The van der Waals surface area contributed by atoms with Crippen molar-refractivity contribution >= 4 is 28.3 Å². The van der Waals surface area contributed by atoms with Gasteiger partial charge in [0.05, 0.1) is 5.69 Å². The molecule has 0 bridgehead atoms. The predicted octanol–water partition coefficient (Wildman–Crippen LogP) is 2.59. The van der Waals surface area contributed by atoms with E-state index in [-0.39, 0.29) is 11.8 Å². The fourth-order valence-electron chi connectivity index (χ4n) is 2.95. The van der Waals surface area contributed by atoms with Gasteiger partial charge in [0.1, 0.15) is 5.82 Å². The summed E-state index contributed by atoms with van der Waals surface area (Å²) in [5.74, 6) is -0.661. The molecule has 2 amide bonds. The summed E-state index contributed by atoms with van der Waals surface area (Å²) in [5, 5.41) is 5.22. The van der Waals surface area contributed by atoms with Crippen molar-refractivity contribution in [1.29, 1.82) is 0 Å². The van der Waals surface area contributed by atoms with E-state index in [0.29, 0.717) is 30.3 Å². The van der Waals surface area contributed by atoms with Crippen molar-refractivity contribution in [2.24, 2.45) is 0 Å². The fourth-order valence-corrected chi connectivity index (χ4v) is 3.70. The minimum atomic E-state index is -0.397. The van der Waals surface area contributed by atoms with Gasteiger partial charge < -0.3 is 10.2 Å². The van der Waals surface area contributed by atoms with Crippen LogP contribution >= 0.6 is 11.3 Å². The Hall–Kier alpha value is -2.32. The van der Waals surface area contributed by atoms with Gasteiger partial charge in [-0.15, -0.1) is 11.3 Å². The number of nitrogens with one attached hydrogen (secondary N) is 1. The summed E-state index contributed by atoms with van der Waals surface area (Å²) in [5.41, 5.74) is 1.29. The van der Waals surface area contributed by atoms with Crippen LogP contribution in [0.25, 0.3) is 0 Å². The van der Waals surface area contributed by atoms with Crippen molar-refractivity contribution in [2.75, 3.05) is 31.5 Å². The summed E-state index contributed by atoms with van der Waals surface area (Å²) in [6, 6.07) is 5.82. The largest absolute Gasteiger partial charge is 0.337 e. The van der Waals surface area contributed by atoms with Crippen LogP contribution in [0, 0.1) is 5.82 Å². The second-order valence-electron chi connectivity index (χ2n) is 6.26. The van der Waals surface area contributed by atoms with Gasteiger partial charge in [0.15, 0.2) is 5.13 Å². The van der Waals surface area contributed by atoms with Crippen LogP contribution in [0.2, 0.25) is 0 Å². The van der Waals surface area contributed by atoms with Gasteiger partial charge in [-0.3, -0.25) is 14.5 Å². The van der Waals surface area contributed by atoms with E-state index >= 15 is 0 Å². The molecular formula is C18H21FN4O2S. The average molecular weight is 376 g/mol. The van der Waals surface area contributed by atoms with E-state index < -0.39 is 5.82 Å². The molecule has 0 unspecified atom stereocenters. The Kier molecular flexibility index (Phi) is 5.95. The third kappa shape index (κ3) is 4.86. The number of benzene rings is 1. The molecule has 1 fully saturated rings. The van der Waals surface area contributed by atoms with E-state index in [4.69, 9.17) is 0 Å². The molecule has 1 aliphatic rings. The molecule has 0 saturated carbocycles. The van der Waals surface area contributed by atoms with Gasteiger partial charge in [-0.25, -0.2) is 9.37 Å². The smallest absolute Gasteiger partial charge is 0.254 e. The molecule has 26 heavy (non-hydrogen) atoms. The van der Waals surface area contributed by atoms with Crippen LogP contribution in [-0.4, -0.2) is 52.8 Å². The zero-order chi connectivity index (χ0) is 18.5. The third-order valence-electron chi connectivity index (χ3n) is 4.17. The van der Waals surface area contributed by atoms with Gasteiger partial charge in [-0.1, -0.05) is 6.07 Å². The standard InChI is InChI=1S/C18H21FN4O2S/c1-13(24)20-18-21-16(12-26-18)11-22-6-3-7-23(9-8-22)17(25)14-4-2-5-15(19)10-14/h2,4-5,10,12H,3,6-9,11H2,1H3,(H,20,21,24). The molecule has 2 aromatic rings. The second kappa shape index (κ2) is 8.37. The van der Waals surface area contributed by atoms with E-state index in [1.165, 1.54) is 30.4 Å². The molecule has 0 atom stereocenters. The number of rotatable bonds is 4. The third-order valence-corrected chi connectivity index (χ3v) is 4.97. The lowest BCUT2D eigenvalue weighted by molar-refractivity contribution is -0.114. The van der Waals surface area contributed by atoms with Crippen LogP contribution in [0.3, 0.4) is 0 Å². The molecule has 6 nitrogen and oxygen atoms in total. The number of nitrogens with zero attached hydrogens (tertiary/aromatic N) is 3. The maximum Gasteiger partial charge on any atom is 0.254 e. The van der Waals surface area contributed by atoms with Crippen molar-refractivity contribution in [1.82, 2.24) is 14.8 Å². The molecule has 1 saturated heterocycles. The zero-order valence-electron chi connectivity index (χ0n) is 14.6. The Balaban J connectivity index is 1.57. The van der Waals surface area contributed by atoms with Crippen LogP contribution in [0.4, 0.5) is 9.52 Å². The van der Waals surface area contributed by atoms with Gasteiger partial charge in [0.2, 0.25) is 5.91 Å². The number of thiazole rings is 1. The van der Waals surface area contributed by atoms with E-state index in [9.17, 15) is 14.0 Å². The van der Waals surface area contributed by atoms with E-state index in [0.717, 1.165) is 25.2 Å². The molecule has 1 aromatic heterocycles. The highest BCUT2D eigenvalue weighted by Crippen LogP contribution is 2.18. The minimum absolute atomic E-state index is 0.132. The van der Waals surface area contributed by atoms with E-state index in [1.807, 2.05) is 5.38 Å². The lowest BCUT2D eigenvalue weighted by atomic mass is 10.2. The summed E-state index contributed by atoms with van der Waals surface area (Å²) in [6.45, 7) is 4.98. The Bertz CT molecular complexity index is 795. The number of hydrogen-bond donors (Lipinski definition) is 1. The highest BCUT2D eigenvalue weighted by atomic mass is 32.1. The number of amides is 2. The Morgan fingerprint density at radius 3 is 2.88 bits per heavy atom. The van der Waals surface area contributed by atoms with Crippen LogP contribution in [-0.2, 0) is 11.3 Å². The lowest BCUT2D eigenvalue weighted by Crippen LogP contribution is -2.35. The molecule has 0 radical (unpaired) electrons. The summed E-state index contributed by atoms with van der Waals surface area (Å²) in [6.07, 6.45) is 0.851. The summed E-state index contributed by atoms with van der Waals surface area (Å²) in [4.78, 5) is 32.1. The molecule has 0 spiro atoms. The minimum Gasteiger partial charge on any atom is -0.337 e. The summed E-state index contributed by atoms with van der Waals surface area (Å²) >= 11 is 1.41. The maximum atomic E-state index is 13.3. The molecule has 2 heterocycles. The van der Waals surface area contributed by atoms with Crippen molar-refractivity contribution in [2.45, 2.75) is 19.9 Å². The summed E-state index contributed by atoms with van der Waals surface area (Å²) in [7, 11) is 0. The Morgan fingerprint density at radius 1 is 1.27 bits per heavy atom. The van der Waals surface area contributed by atoms with Crippen LogP contribution in [0.1, 0.15) is 29.4 Å². The van der Waals surface area contributed by atoms with E-state index in [1.54, 1.807) is 17.0 Å². The zero-order valence-corrected chi connectivity index (χ0v) is 15.4. The van der Waals surface area contributed by atoms with Crippen molar-refractivity contribution < 1.29 is 14.0 Å². The fraction of sp³-hybridized carbons (Fsp3) is 0.389. The lowest BCUT2D eigenvalue weighted by Gasteiger charge is -2.21. The number of anilines is 1. The first-order valence-corrected chi connectivity index (χ1v) is 9.38. The topological polar surface area (TPSA) is 65.5 Å². The average Bonchev–Trinajstić information content (AvgIpc) is 2.89. The van der Waals surface area contributed by atoms with Crippen LogP contribution in [0.15, 0.2) is 29.6 Å². The van der Waals surface area contributed by atoms with Crippen LogP contribution < -0.4 is 5.32 Å². The number of halogens is 1. The number of carbonyl (C=O) groups excluding carboxylic acids is 2. The number of carbonyl (C=O) groups is 2. The molecule has 1 N–H and O–H groups in total. The number of aromatic nitrogens is 1.